The molecule has 0 spiro atoms. The zero-order valence-corrected chi connectivity index (χ0v) is 10.0. The van der Waals surface area contributed by atoms with Crippen LogP contribution in [0.2, 0.25) is 0 Å². The van der Waals surface area contributed by atoms with Crippen molar-refractivity contribution in [2.45, 2.75) is 13.8 Å². The average Bonchev–Trinajstić information content (AvgIpc) is 1.97. The van der Waals surface area contributed by atoms with E-state index in [1.165, 1.54) is 0 Å². The summed E-state index contributed by atoms with van der Waals surface area (Å²) >= 11 is 6.66. The fourth-order valence-corrected chi connectivity index (χ4v) is 0.981. The van der Waals surface area contributed by atoms with E-state index < -0.39 is 0 Å². The topological polar surface area (TPSA) is 12.4 Å². The Balaban J connectivity index is 3.75. The highest BCUT2D eigenvalue weighted by molar-refractivity contribution is 9.18. The van der Waals surface area contributed by atoms with Gasteiger partial charge in [0.1, 0.15) is 0 Å². The number of aliphatic imine (C=N–C) groups is 1. The van der Waals surface area contributed by atoms with Crippen molar-refractivity contribution in [2.75, 3.05) is 11.9 Å². The number of halogens is 2. The van der Waals surface area contributed by atoms with Gasteiger partial charge in [-0.1, -0.05) is 35.9 Å². The van der Waals surface area contributed by atoms with E-state index in [1.807, 2.05) is 6.08 Å². The van der Waals surface area contributed by atoms with Gasteiger partial charge in [0.2, 0.25) is 0 Å². The second-order valence-corrected chi connectivity index (χ2v) is 4.10. The molecule has 0 fully saturated rings. The fourth-order valence-electron chi connectivity index (χ4n) is 0.474. The molecule has 0 aliphatic carbocycles. The van der Waals surface area contributed by atoms with Crippen molar-refractivity contribution in [3.8, 4) is 0 Å². The Morgan fingerprint density at radius 2 is 2.18 bits per heavy atom. The zero-order valence-electron chi connectivity index (χ0n) is 6.85. The van der Waals surface area contributed by atoms with E-state index in [-0.39, 0.29) is 0 Å². The second kappa shape index (κ2) is 7.04. The molecular weight excluding hydrogens is 270 g/mol. The maximum atomic E-state index is 4.21. The molecule has 0 radical (unpaired) electrons. The minimum absolute atomic E-state index is 0.585. The number of rotatable bonds is 4. The molecule has 0 aliphatic heterocycles. The Morgan fingerprint density at radius 3 is 2.64 bits per heavy atom. The molecule has 0 amide bonds. The molecule has 0 rings (SSSR count). The first kappa shape index (κ1) is 11.4. The highest BCUT2D eigenvalue weighted by Crippen LogP contribution is 1.98. The lowest BCUT2D eigenvalue weighted by atomic mass is 10.2. The van der Waals surface area contributed by atoms with Crippen LogP contribution < -0.4 is 0 Å². The molecule has 1 nitrogen and oxygen atoms in total. The Kier molecular flexibility index (Phi) is 7.28. The van der Waals surface area contributed by atoms with Gasteiger partial charge in [-0.05, 0) is 27.9 Å². The fraction of sp³-hybridized carbons (Fsp3) is 0.625. The molecule has 0 aromatic heterocycles. The van der Waals surface area contributed by atoms with E-state index in [2.05, 4.69) is 56.8 Å². The SMILES string of the molecule is CC(C)/C=C\C(Br)=N/CCBr. The molecule has 0 saturated heterocycles. The van der Waals surface area contributed by atoms with Crippen LogP contribution in [0.5, 0.6) is 0 Å². The maximum Gasteiger partial charge on any atom is 0.0998 e. The molecule has 3 heteroatoms. The number of allylic oxidation sites excluding steroid dienone is 2. The second-order valence-electron chi connectivity index (χ2n) is 2.50. The van der Waals surface area contributed by atoms with Crippen LogP contribution in [0.1, 0.15) is 13.8 Å². The van der Waals surface area contributed by atoms with E-state index >= 15 is 0 Å². The lowest BCUT2D eigenvalue weighted by Crippen LogP contribution is -1.87. The van der Waals surface area contributed by atoms with Crippen molar-refractivity contribution in [1.29, 1.82) is 0 Å². The quantitative estimate of drug-likeness (QED) is 0.554. The van der Waals surface area contributed by atoms with Crippen LogP contribution in [0.15, 0.2) is 17.1 Å². The summed E-state index contributed by atoms with van der Waals surface area (Å²) in [4.78, 5) is 4.21. The van der Waals surface area contributed by atoms with E-state index in [0.29, 0.717) is 5.92 Å². The van der Waals surface area contributed by atoms with E-state index in [4.69, 9.17) is 0 Å². The van der Waals surface area contributed by atoms with Gasteiger partial charge in [-0.25, -0.2) is 0 Å². The number of nitrogens with zero attached hydrogens (tertiary/aromatic N) is 1. The van der Waals surface area contributed by atoms with Crippen molar-refractivity contribution in [2.24, 2.45) is 10.9 Å². The van der Waals surface area contributed by atoms with Crippen LogP contribution in [0.4, 0.5) is 0 Å². The number of hydrogen-bond donors (Lipinski definition) is 0. The van der Waals surface area contributed by atoms with Gasteiger partial charge in [-0.2, -0.15) is 0 Å². The number of alkyl halides is 1. The monoisotopic (exact) mass is 281 g/mol. The van der Waals surface area contributed by atoms with Crippen LogP contribution in [-0.2, 0) is 0 Å². The smallest absolute Gasteiger partial charge is 0.0998 e. The van der Waals surface area contributed by atoms with Crippen molar-refractivity contribution in [3.05, 3.63) is 12.2 Å². The van der Waals surface area contributed by atoms with E-state index in [1.54, 1.807) is 0 Å². The zero-order chi connectivity index (χ0) is 8.69. The van der Waals surface area contributed by atoms with Crippen LogP contribution in [0, 0.1) is 5.92 Å². The first-order valence-electron chi connectivity index (χ1n) is 3.61. The van der Waals surface area contributed by atoms with E-state index in [0.717, 1.165) is 16.5 Å². The maximum absolute atomic E-state index is 4.21. The van der Waals surface area contributed by atoms with Crippen LogP contribution >= 0.6 is 31.9 Å². The molecule has 0 N–H and O–H groups in total. The largest absolute Gasteiger partial charge is 0.277 e. The summed E-state index contributed by atoms with van der Waals surface area (Å²) < 4.78 is 0.922. The van der Waals surface area contributed by atoms with Crippen molar-refractivity contribution < 1.29 is 0 Å². The summed E-state index contributed by atoms with van der Waals surface area (Å²) in [6.07, 6.45) is 4.11. The minimum Gasteiger partial charge on any atom is -0.277 e. The molecule has 0 saturated carbocycles. The molecule has 0 aromatic rings. The predicted molar refractivity (Wildman–Crippen MR) is 59.0 cm³/mol. The van der Waals surface area contributed by atoms with Crippen molar-refractivity contribution in [3.63, 3.8) is 0 Å². The van der Waals surface area contributed by atoms with Gasteiger partial charge in [0.25, 0.3) is 0 Å². The van der Waals surface area contributed by atoms with Gasteiger partial charge in [-0.3, -0.25) is 4.99 Å². The lowest BCUT2D eigenvalue weighted by molar-refractivity contribution is 0.833. The Bertz CT molecular complexity index is 150. The van der Waals surface area contributed by atoms with Gasteiger partial charge in [0.05, 0.1) is 4.62 Å². The lowest BCUT2D eigenvalue weighted by Gasteiger charge is -1.92. The van der Waals surface area contributed by atoms with Crippen molar-refractivity contribution >= 4 is 36.5 Å². The summed E-state index contributed by atoms with van der Waals surface area (Å²) in [5.74, 6) is 0.585. The standard InChI is InChI=1S/C8H13Br2N/c1-7(2)3-4-8(10)11-6-5-9/h3-4,7H,5-6H2,1-2H3/b4-3-,11-8+. The number of hydrogen-bond acceptors (Lipinski definition) is 1. The molecule has 0 heterocycles. The van der Waals surface area contributed by atoms with Gasteiger partial charge in [0.15, 0.2) is 0 Å². The summed E-state index contributed by atoms with van der Waals surface area (Å²) in [7, 11) is 0. The van der Waals surface area contributed by atoms with E-state index in [9.17, 15) is 0 Å². The third-order valence-corrected chi connectivity index (χ3v) is 1.84. The molecule has 0 bridgehead atoms. The van der Waals surface area contributed by atoms with Crippen molar-refractivity contribution in [1.82, 2.24) is 0 Å². The highest BCUT2D eigenvalue weighted by Gasteiger charge is 1.87. The van der Waals surface area contributed by atoms with Gasteiger partial charge >= 0.3 is 0 Å². The van der Waals surface area contributed by atoms with Gasteiger partial charge in [-0.15, -0.1) is 0 Å². The van der Waals surface area contributed by atoms with Gasteiger partial charge < -0.3 is 0 Å². The first-order valence-corrected chi connectivity index (χ1v) is 5.52. The normalized spacial score (nSPS) is 13.4. The van der Waals surface area contributed by atoms with Crippen LogP contribution in [-0.4, -0.2) is 16.5 Å². The molecule has 0 aliphatic rings. The summed E-state index contributed by atoms with van der Waals surface area (Å²) in [5, 5.41) is 0.914. The molecule has 0 aromatic carbocycles. The molecule has 0 unspecified atom stereocenters. The molecule has 64 valence electrons. The molecule has 0 atom stereocenters. The Hall–Kier alpha value is 0.370. The summed E-state index contributed by atoms with van der Waals surface area (Å²) in [6.45, 7) is 5.10. The summed E-state index contributed by atoms with van der Waals surface area (Å²) in [6, 6.07) is 0. The molecular formula is C8H13Br2N. The van der Waals surface area contributed by atoms with Crippen LogP contribution in [0.25, 0.3) is 0 Å². The third kappa shape index (κ3) is 8.27. The Labute approximate surface area is 85.2 Å². The minimum atomic E-state index is 0.585. The highest BCUT2D eigenvalue weighted by atomic mass is 79.9. The van der Waals surface area contributed by atoms with Crippen LogP contribution in [0.3, 0.4) is 0 Å². The average molecular weight is 283 g/mol. The molecule has 11 heavy (non-hydrogen) atoms. The first-order chi connectivity index (χ1) is 5.16. The Morgan fingerprint density at radius 1 is 1.55 bits per heavy atom. The van der Waals surface area contributed by atoms with Gasteiger partial charge in [0, 0.05) is 11.9 Å². The third-order valence-electron chi connectivity index (χ3n) is 0.966. The summed E-state index contributed by atoms with van der Waals surface area (Å²) in [5.41, 5.74) is 0. The predicted octanol–water partition coefficient (Wildman–Crippen LogP) is 3.39.